The summed E-state index contributed by atoms with van der Waals surface area (Å²) in [6.07, 6.45) is 6.54. The monoisotopic (exact) mass is 398 g/mol. The molecule has 0 saturated heterocycles. The number of benzene rings is 1. The van der Waals surface area contributed by atoms with E-state index in [0.717, 1.165) is 11.8 Å². The van der Waals surface area contributed by atoms with Crippen LogP contribution in [-0.2, 0) is 6.54 Å². The van der Waals surface area contributed by atoms with Crippen LogP contribution in [0, 0.1) is 11.6 Å². The van der Waals surface area contributed by atoms with E-state index in [9.17, 15) is 8.78 Å². The van der Waals surface area contributed by atoms with Crippen molar-refractivity contribution in [2.24, 2.45) is 0 Å². The van der Waals surface area contributed by atoms with Gasteiger partial charge in [-0.3, -0.25) is 9.97 Å². The Morgan fingerprint density at radius 2 is 1.83 bits per heavy atom. The van der Waals surface area contributed by atoms with Crippen LogP contribution in [0.3, 0.4) is 0 Å². The van der Waals surface area contributed by atoms with Crippen molar-refractivity contribution >= 4 is 23.1 Å². The molecule has 0 saturated carbocycles. The van der Waals surface area contributed by atoms with Crippen molar-refractivity contribution in [3.05, 3.63) is 72.3 Å². The Morgan fingerprint density at radius 1 is 1.10 bits per heavy atom. The van der Waals surface area contributed by atoms with Crippen LogP contribution in [-0.4, -0.2) is 24.2 Å². The molecule has 0 unspecified atom stereocenters. The maximum absolute atomic E-state index is 14.6. The van der Waals surface area contributed by atoms with Gasteiger partial charge in [-0.25, -0.2) is 8.78 Å². The molecule has 29 heavy (non-hydrogen) atoms. The molecule has 8 heteroatoms. The van der Waals surface area contributed by atoms with Gasteiger partial charge in [-0.2, -0.15) is 0 Å². The highest BCUT2D eigenvalue weighted by Crippen LogP contribution is 2.35. The van der Waals surface area contributed by atoms with Crippen LogP contribution in [0.5, 0.6) is 11.5 Å². The summed E-state index contributed by atoms with van der Waals surface area (Å²) in [5.41, 5.74) is 2.45. The molecule has 3 aromatic rings. The molecule has 0 aliphatic rings. The minimum absolute atomic E-state index is 0.0944. The predicted octanol–water partition coefficient (Wildman–Crippen LogP) is 4.77. The summed E-state index contributed by atoms with van der Waals surface area (Å²) in [5.74, 6) is -1.94. The topological polar surface area (TPSA) is 68.3 Å². The van der Waals surface area contributed by atoms with E-state index in [4.69, 9.17) is 9.47 Å². The van der Waals surface area contributed by atoms with E-state index in [2.05, 4.69) is 27.2 Å². The molecule has 3 rings (SSSR count). The van der Waals surface area contributed by atoms with E-state index < -0.39 is 11.6 Å². The summed E-state index contributed by atoms with van der Waals surface area (Å²) >= 11 is 0. The van der Waals surface area contributed by atoms with Gasteiger partial charge >= 0.3 is 0 Å². The van der Waals surface area contributed by atoms with Crippen LogP contribution in [0.2, 0.25) is 0 Å². The molecule has 0 fully saturated rings. The Labute approximate surface area is 167 Å². The third-order valence-electron chi connectivity index (χ3n) is 4.19. The van der Waals surface area contributed by atoms with Crippen molar-refractivity contribution in [3.63, 3.8) is 0 Å². The van der Waals surface area contributed by atoms with Gasteiger partial charge in [0.15, 0.2) is 23.1 Å². The first-order valence-corrected chi connectivity index (χ1v) is 8.69. The summed E-state index contributed by atoms with van der Waals surface area (Å²) in [7, 11) is 2.60. The second-order valence-corrected chi connectivity index (χ2v) is 5.97. The number of pyridine rings is 2. The number of hydrogen-bond donors (Lipinski definition) is 2. The van der Waals surface area contributed by atoms with Crippen LogP contribution >= 0.6 is 0 Å². The first-order valence-electron chi connectivity index (χ1n) is 8.69. The number of methoxy groups -OCH3 is 2. The standard InChI is InChI=1S/C21H20F2N4O2/c1-4-14-8-16(27-15-6-5-7-24-12-15)13(10-25-14)11-26-21-19(22)17(28-2)9-18(29-3)20(21)23/h4-10,12,26H,1,11H2,2-3H3,(H,25,27). The highest BCUT2D eigenvalue weighted by atomic mass is 19.1. The predicted molar refractivity (Wildman–Crippen MR) is 109 cm³/mol. The van der Waals surface area contributed by atoms with E-state index in [1.165, 1.54) is 14.2 Å². The van der Waals surface area contributed by atoms with Crippen LogP contribution in [0.1, 0.15) is 11.3 Å². The second kappa shape index (κ2) is 9.01. The Kier molecular flexibility index (Phi) is 6.23. The number of ether oxygens (including phenoxy) is 2. The zero-order chi connectivity index (χ0) is 20.8. The summed E-state index contributed by atoms with van der Waals surface area (Å²) < 4.78 is 39.1. The van der Waals surface area contributed by atoms with Crippen molar-refractivity contribution in [1.82, 2.24) is 9.97 Å². The van der Waals surface area contributed by atoms with Gasteiger partial charge in [0.05, 0.1) is 31.8 Å². The largest absolute Gasteiger partial charge is 0.493 e. The lowest BCUT2D eigenvalue weighted by molar-refractivity contribution is 0.360. The number of anilines is 3. The number of rotatable bonds is 8. The molecule has 150 valence electrons. The molecule has 2 heterocycles. The minimum atomic E-state index is -0.844. The van der Waals surface area contributed by atoms with E-state index >= 15 is 0 Å². The summed E-state index contributed by atoms with van der Waals surface area (Å²) in [6, 6.07) is 6.59. The molecule has 0 atom stereocenters. The number of halogens is 2. The van der Waals surface area contributed by atoms with Gasteiger partial charge in [0.25, 0.3) is 0 Å². The molecule has 1 aromatic carbocycles. The summed E-state index contributed by atoms with van der Waals surface area (Å²) in [6.45, 7) is 3.81. The fourth-order valence-electron chi connectivity index (χ4n) is 2.69. The van der Waals surface area contributed by atoms with Crippen LogP contribution in [0.15, 0.2) is 49.4 Å². The second-order valence-electron chi connectivity index (χ2n) is 5.97. The fourth-order valence-corrected chi connectivity index (χ4v) is 2.69. The SMILES string of the molecule is C=Cc1cc(Nc2cccnc2)c(CNc2c(F)c(OC)cc(OC)c2F)cn1. The smallest absolute Gasteiger partial charge is 0.191 e. The molecular formula is C21H20F2N4O2. The third-order valence-corrected chi connectivity index (χ3v) is 4.19. The van der Waals surface area contributed by atoms with Gasteiger partial charge in [-0.1, -0.05) is 6.58 Å². The number of aromatic nitrogens is 2. The van der Waals surface area contributed by atoms with E-state index in [1.54, 1.807) is 36.8 Å². The lowest BCUT2D eigenvalue weighted by Gasteiger charge is -2.16. The van der Waals surface area contributed by atoms with Crippen molar-refractivity contribution < 1.29 is 18.3 Å². The van der Waals surface area contributed by atoms with Gasteiger partial charge in [-0.15, -0.1) is 0 Å². The average molecular weight is 398 g/mol. The van der Waals surface area contributed by atoms with E-state index in [-0.39, 0.29) is 23.7 Å². The van der Waals surface area contributed by atoms with Crippen molar-refractivity contribution in [2.45, 2.75) is 6.54 Å². The van der Waals surface area contributed by atoms with Gasteiger partial charge in [-0.05, 0) is 24.3 Å². The number of nitrogens with zero attached hydrogens (tertiary/aromatic N) is 2. The zero-order valence-corrected chi connectivity index (χ0v) is 16.0. The molecule has 0 aliphatic carbocycles. The zero-order valence-electron chi connectivity index (χ0n) is 16.0. The molecule has 0 aliphatic heterocycles. The lowest BCUT2D eigenvalue weighted by atomic mass is 10.1. The van der Waals surface area contributed by atoms with E-state index in [1.807, 2.05) is 6.07 Å². The number of nitrogens with one attached hydrogen (secondary N) is 2. The van der Waals surface area contributed by atoms with Gasteiger partial charge in [0.1, 0.15) is 5.69 Å². The van der Waals surface area contributed by atoms with Gasteiger partial charge in [0, 0.05) is 36.3 Å². The van der Waals surface area contributed by atoms with Crippen molar-refractivity contribution in [3.8, 4) is 11.5 Å². The first-order chi connectivity index (χ1) is 14.1. The third kappa shape index (κ3) is 4.43. The normalized spacial score (nSPS) is 10.3. The van der Waals surface area contributed by atoms with E-state index in [0.29, 0.717) is 16.9 Å². The molecule has 6 nitrogen and oxygen atoms in total. The first kappa shape index (κ1) is 20.1. The number of hydrogen-bond acceptors (Lipinski definition) is 6. The maximum atomic E-state index is 14.6. The maximum Gasteiger partial charge on any atom is 0.191 e. The summed E-state index contributed by atoms with van der Waals surface area (Å²) in [4.78, 5) is 8.34. The molecule has 0 radical (unpaired) electrons. The molecule has 0 amide bonds. The van der Waals surface area contributed by atoms with Crippen molar-refractivity contribution in [1.29, 1.82) is 0 Å². The Balaban J connectivity index is 1.92. The lowest BCUT2D eigenvalue weighted by Crippen LogP contribution is -2.09. The molecule has 2 aromatic heterocycles. The highest BCUT2D eigenvalue weighted by molar-refractivity contribution is 5.66. The molecule has 0 bridgehead atoms. The van der Waals surface area contributed by atoms with Crippen LogP contribution < -0.4 is 20.1 Å². The molecule has 0 spiro atoms. The minimum Gasteiger partial charge on any atom is -0.493 e. The van der Waals surface area contributed by atoms with Crippen molar-refractivity contribution in [2.75, 3.05) is 24.9 Å². The highest BCUT2D eigenvalue weighted by Gasteiger charge is 2.20. The van der Waals surface area contributed by atoms with Crippen LogP contribution in [0.4, 0.5) is 25.8 Å². The van der Waals surface area contributed by atoms with Crippen LogP contribution in [0.25, 0.3) is 6.08 Å². The Morgan fingerprint density at radius 3 is 2.41 bits per heavy atom. The average Bonchev–Trinajstić information content (AvgIpc) is 2.75. The quantitative estimate of drug-likeness (QED) is 0.570. The molecule has 2 N–H and O–H groups in total. The van der Waals surface area contributed by atoms with Gasteiger partial charge in [0.2, 0.25) is 0 Å². The van der Waals surface area contributed by atoms with Gasteiger partial charge < -0.3 is 20.1 Å². The molecular weight excluding hydrogens is 378 g/mol. The summed E-state index contributed by atoms with van der Waals surface area (Å²) in [5, 5.41) is 6.01. The Bertz CT molecular complexity index is 985. The Hall–Kier alpha value is -3.68. The fraction of sp³-hybridized carbons (Fsp3) is 0.143.